The van der Waals surface area contributed by atoms with Crippen LogP contribution in [0.15, 0.2) is 0 Å². The van der Waals surface area contributed by atoms with Gasteiger partial charge in [-0.3, -0.25) is 9.69 Å². The number of hydrogen-bond acceptors (Lipinski definition) is 3. The molecule has 0 bridgehead atoms. The van der Waals surface area contributed by atoms with Crippen molar-refractivity contribution < 1.29 is 9.53 Å². The van der Waals surface area contributed by atoms with E-state index in [-0.39, 0.29) is 11.8 Å². The van der Waals surface area contributed by atoms with Gasteiger partial charge in [-0.2, -0.15) is 0 Å². The van der Waals surface area contributed by atoms with Gasteiger partial charge in [-0.1, -0.05) is 34.1 Å². The third-order valence-electron chi connectivity index (χ3n) is 2.36. The van der Waals surface area contributed by atoms with Gasteiger partial charge in [0.2, 0.25) is 5.91 Å². The molecule has 0 aromatic heterocycles. The van der Waals surface area contributed by atoms with Gasteiger partial charge in [0.05, 0.1) is 13.2 Å². The Bertz CT molecular complexity index is 190. The Kier molecular flexibility index (Phi) is 10.2. The maximum atomic E-state index is 11.2. The number of carbonyl (C=O) groups excluding carboxylic acids is 1. The number of hydrogen-bond donors (Lipinski definition) is 1. The van der Waals surface area contributed by atoms with Gasteiger partial charge < -0.3 is 10.1 Å². The van der Waals surface area contributed by atoms with E-state index in [1.807, 2.05) is 13.8 Å². The average molecular weight is 244 g/mol. The molecule has 1 amide bonds. The van der Waals surface area contributed by atoms with Crippen molar-refractivity contribution in [2.24, 2.45) is 5.92 Å². The minimum absolute atomic E-state index is 0.0830. The fourth-order valence-corrected chi connectivity index (χ4v) is 1.37. The Hall–Kier alpha value is -0.610. The van der Waals surface area contributed by atoms with Crippen molar-refractivity contribution in [1.82, 2.24) is 10.2 Å². The topological polar surface area (TPSA) is 41.6 Å². The lowest BCUT2D eigenvalue weighted by Crippen LogP contribution is -2.42. The second-order valence-corrected chi connectivity index (χ2v) is 4.61. The summed E-state index contributed by atoms with van der Waals surface area (Å²) >= 11 is 0. The van der Waals surface area contributed by atoms with Crippen molar-refractivity contribution in [1.29, 1.82) is 0 Å². The fourth-order valence-electron chi connectivity index (χ4n) is 1.37. The van der Waals surface area contributed by atoms with E-state index in [1.54, 1.807) is 0 Å². The second kappa shape index (κ2) is 10.5. The molecule has 4 nitrogen and oxygen atoms in total. The Balaban J connectivity index is 0.000000770. The van der Waals surface area contributed by atoms with E-state index in [2.05, 4.69) is 24.1 Å². The summed E-state index contributed by atoms with van der Waals surface area (Å²) in [4.78, 5) is 13.5. The summed E-state index contributed by atoms with van der Waals surface area (Å²) in [6.45, 7) is 13.3. The zero-order valence-electron chi connectivity index (χ0n) is 11.8. The third-order valence-corrected chi connectivity index (χ3v) is 2.36. The molecule has 0 aliphatic carbocycles. The number of nitrogens with one attached hydrogen (secondary N) is 1. The molecule has 0 unspecified atom stereocenters. The predicted molar refractivity (Wildman–Crippen MR) is 71.1 cm³/mol. The summed E-state index contributed by atoms with van der Waals surface area (Å²) in [5, 5.41) is 2.91. The van der Waals surface area contributed by atoms with Gasteiger partial charge in [-0.05, 0) is 0 Å². The molecule has 0 radical (unpaired) electrons. The van der Waals surface area contributed by atoms with E-state index in [1.165, 1.54) is 6.42 Å². The maximum Gasteiger partial charge on any atom is 0.222 e. The van der Waals surface area contributed by atoms with Gasteiger partial charge in [-0.15, -0.1) is 0 Å². The molecule has 1 heterocycles. The molecule has 4 heteroatoms. The molecule has 17 heavy (non-hydrogen) atoms. The molecule has 0 aromatic rings. The average Bonchev–Trinajstić information content (AvgIpc) is 2.31. The second-order valence-electron chi connectivity index (χ2n) is 4.61. The van der Waals surface area contributed by atoms with Crippen LogP contribution >= 0.6 is 0 Å². The summed E-state index contributed by atoms with van der Waals surface area (Å²) < 4.78 is 5.24. The Morgan fingerprint density at radius 2 is 1.82 bits per heavy atom. The Morgan fingerprint density at radius 1 is 1.29 bits per heavy atom. The molecule has 1 N–H and O–H groups in total. The first-order chi connectivity index (χ1) is 8.11. The number of ether oxygens (including phenoxy) is 1. The van der Waals surface area contributed by atoms with Gasteiger partial charge in [0.1, 0.15) is 0 Å². The van der Waals surface area contributed by atoms with Crippen LogP contribution in [0.1, 0.15) is 34.1 Å². The van der Waals surface area contributed by atoms with Crippen LogP contribution in [0.25, 0.3) is 0 Å². The van der Waals surface area contributed by atoms with E-state index in [0.717, 1.165) is 39.4 Å². The summed E-state index contributed by atoms with van der Waals surface area (Å²) in [5.74, 6) is 0.220. The highest BCUT2D eigenvalue weighted by Crippen LogP contribution is 1.95. The number of rotatable bonds is 4. The van der Waals surface area contributed by atoms with Crippen LogP contribution in [-0.4, -0.2) is 50.2 Å². The van der Waals surface area contributed by atoms with Crippen LogP contribution in [0.4, 0.5) is 0 Å². The number of amides is 1. The minimum atomic E-state index is 0.0830. The van der Waals surface area contributed by atoms with E-state index < -0.39 is 0 Å². The van der Waals surface area contributed by atoms with Crippen LogP contribution in [0, 0.1) is 5.92 Å². The SMILES string of the molecule is CC(C)C(=O)NCCN1CCOCC1.CCC. The van der Waals surface area contributed by atoms with Crippen molar-refractivity contribution in [3.8, 4) is 0 Å². The van der Waals surface area contributed by atoms with E-state index in [0.29, 0.717) is 0 Å². The van der Waals surface area contributed by atoms with Crippen LogP contribution < -0.4 is 5.32 Å². The molecule has 0 atom stereocenters. The van der Waals surface area contributed by atoms with E-state index >= 15 is 0 Å². The molecule has 1 aliphatic heterocycles. The standard InChI is InChI=1S/C10H20N2O2.C3H8/c1-9(2)10(13)11-3-4-12-5-7-14-8-6-12;1-3-2/h9H,3-8H2,1-2H3,(H,11,13);3H2,1-2H3. The van der Waals surface area contributed by atoms with Gasteiger partial charge in [0, 0.05) is 32.1 Å². The van der Waals surface area contributed by atoms with Gasteiger partial charge in [0.25, 0.3) is 0 Å². The van der Waals surface area contributed by atoms with Crippen LogP contribution in [0.5, 0.6) is 0 Å². The lowest BCUT2D eigenvalue weighted by atomic mass is 10.2. The lowest BCUT2D eigenvalue weighted by Gasteiger charge is -2.26. The van der Waals surface area contributed by atoms with Crippen molar-refractivity contribution in [3.63, 3.8) is 0 Å². The van der Waals surface area contributed by atoms with Gasteiger partial charge in [0.15, 0.2) is 0 Å². The maximum absolute atomic E-state index is 11.2. The van der Waals surface area contributed by atoms with Crippen LogP contribution in [-0.2, 0) is 9.53 Å². The molecular weight excluding hydrogens is 216 g/mol. The largest absolute Gasteiger partial charge is 0.379 e. The fraction of sp³-hybridized carbons (Fsp3) is 0.923. The molecule has 0 saturated carbocycles. The number of carbonyl (C=O) groups is 1. The smallest absolute Gasteiger partial charge is 0.222 e. The molecule has 1 saturated heterocycles. The Labute approximate surface area is 106 Å². The lowest BCUT2D eigenvalue weighted by molar-refractivity contribution is -0.124. The first kappa shape index (κ1) is 16.4. The monoisotopic (exact) mass is 244 g/mol. The highest BCUT2D eigenvalue weighted by Gasteiger charge is 2.10. The third kappa shape index (κ3) is 9.12. The molecule has 1 aliphatic rings. The summed E-state index contributed by atoms with van der Waals surface area (Å²) in [5.41, 5.74) is 0. The molecule has 0 aromatic carbocycles. The van der Waals surface area contributed by atoms with Crippen molar-refractivity contribution in [2.75, 3.05) is 39.4 Å². The number of nitrogens with zero attached hydrogens (tertiary/aromatic N) is 1. The minimum Gasteiger partial charge on any atom is -0.379 e. The molecule has 1 rings (SSSR count). The van der Waals surface area contributed by atoms with Crippen molar-refractivity contribution >= 4 is 5.91 Å². The van der Waals surface area contributed by atoms with Gasteiger partial charge in [-0.25, -0.2) is 0 Å². The zero-order valence-corrected chi connectivity index (χ0v) is 11.8. The Morgan fingerprint density at radius 3 is 2.29 bits per heavy atom. The van der Waals surface area contributed by atoms with Gasteiger partial charge >= 0.3 is 0 Å². The normalized spacial score (nSPS) is 16.3. The summed E-state index contributed by atoms with van der Waals surface area (Å²) in [6.07, 6.45) is 1.25. The van der Waals surface area contributed by atoms with Crippen LogP contribution in [0.2, 0.25) is 0 Å². The zero-order chi connectivity index (χ0) is 13.1. The molecule has 0 spiro atoms. The first-order valence-electron chi connectivity index (χ1n) is 6.69. The van der Waals surface area contributed by atoms with Crippen molar-refractivity contribution in [3.05, 3.63) is 0 Å². The summed E-state index contributed by atoms with van der Waals surface area (Å²) in [7, 11) is 0. The summed E-state index contributed by atoms with van der Waals surface area (Å²) in [6, 6.07) is 0. The van der Waals surface area contributed by atoms with E-state index in [9.17, 15) is 4.79 Å². The quantitative estimate of drug-likeness (QED) is 0.815. The molecule has 1 fully saturated rings. The van der Waals surface area contributed by atoms with Crippen LogP contribution in [0.3, 0.4) is 0 Å². The molecule has 102 valence electrons. The van der Waals surface area contributed by atoms with Crippen molar-refractivity contribution in [2.45, 2.75) is 34.1 Å². The molecular formula is C13H28N2O2. The predicted octanol–water partition coefficient (Wildman–Crippen LogP) is 1.51. The highest BCUT2D eigenvalue weighted by atomic mass is 16.5. The first-order valence-corrected chi connectivity index (χ1v) is 6.69. The van der Waals surface area contributed by atoms with E-state index in [4.69, 9.17) is 4.74 Å². The highest BCUT2D eigenvalue weighted by molar-refractivity contribution is 5.77. The number of morpholine rings is 1.